The molecule has 0 saturated carbocycles. The van der Waals surface area contributed by atoms with Gasteiger partial charge in [0.15, 0.2) is 11.6 Å². The number of halogens is 1. The highest BCUT2D eigenvalue weighted by Gasteiger charge is 2.09. The van der Waals surface area contributed by atoms with Crippen LogP contribution in [0.5, 0.6) is 11.5 Å². The zero-order chi connectivity index (χ0) is 21.0. The van der Waals surface area contributed by atoms with Gasteiger partial charge in [-0.25, -0.2) is 4.39 Å². The Balaban J connectivity index is 1.55. The van der Waals surface area contributed by atoms with Crippen molar-refractivity contribution in [1.82, 2.24) is 9.88 Å². The van der Waals surface area contributed by atoms with Crippen LogP contribution in [0.2, 0.25) is 0 Å². The van der Waals surface area contributed by atoms with Gasteiger partial charge in [-0.2, -0.15) is 0 Å². The van der Waals surface area contributed by atoms with Gasteiger partial charge >= 0.3 is 0 Å². The lowest BCUT2D eigenvalue weighted by Gasteiger charge is -2.22. The second kappa shape index (κ2) is 11.9. The van der Waals surface area contributed by atoms with Crippen molar-refractivity contribution in [1.29, 1.82) is 0 Å². The van der Waals surface area contributed by atoms with Crippen LogP contribution in [0.15, 0.2) is 72.9 Å². The predicted molar refractivity (Wildman–Crippen MR) is 114 cm³/mol. The summed E-state index contributed by atoms with van der Waals surface area (Å²) in [6.45, 7) is 3.53. The zero-order valence-corrected chi connectivity index (χ0v) is 17.2. The number of pyridine rings is 1. The Labute approximate surface area is 177 Å². The fraction of sp³-hybridized carbons (Fsp3) is 0.292. The summed E-state index contributed by atoms with van der Waals surface area (Å²) in [6, 6.07) is 20.2. The van der Waals surface area contributed by atoms with Crippen molar-refractivity contribution >= 4 is 0 Å². The first-order valence-corrected chi connectivity index (χ1v) is 9.95. The minimum Gasteiger partial charge on any atom is -0.489 e. The van der Waals surface area contributed by atoms with Crippen LogP contribution in [0.3, 0.4) is 0 Å². The minimum atomic E-state index is -0.348. The SMILES string of the molecule is COCCN(CCOc1ccccc1F)Cc1cccc(OCc2ccccn2)c1. The highest BCUT2D eigenvalue weighted by Crippen LogP contribution is 2.17. The van der Waals surface area contributed by atoms with Gasteiger partial charge in [-0.05, 0) is 42.0 Å². The van der Waals surface area contributed by atoms with E-state index in [1.807, 2.05) is 36.4 Å². The van der Waals surface area contributed by atoms with E-state index >= 15 is 0 Å². The third-order valence-electron chi connectivity index (χ3n) is 4.53. The van der Waals surface area contributed by atoms with Gasteiger partial charge in [-0.1, -0.05) is 30.3 Å². The molecule has 5 nitrogen and oxygen atoms in total. The molecule has 158 valence electrons. The summed E-state index contributed by atoms with van der Waals surface area (Å²) in [5.41, 5.74) is 2.01. The van der Waals surface area contributed by atoms with Gasteiger partial charge in [0, 0.05) is 32.9 Å². The Morgan fingerprint density at radius 2 is 1.73 bits per heavy atom. The summed E-state index contributed by atoms with van der Waals surface area (Å²) in [4.78, 5) is 6.49. The van der Waals surface area contributed by atoms with Crippen molar-refractivity contribution in [2.75, 3.05) is 33.4 Å². The molecule has 6 heteroatoms. The topological polar surface area (TPSA) is 43.8 Å². The number of aromatic nitrogens is 1. The van der Waals surface area contributed by atoms with E-state index in [-0.39, 0.29) is 11.6 Å². The lowest BCUT2D eigenvalue weighted by molar-refractivity contribution is 0.130. The Kier molecular flexibility index (Phi) is 8.62. The number of methoxy groups -OCH3 is 1. The van der Waals surface area contributed by atoms with Gasteiger partial charge in [0.25, 0.3) is 0 Å². The maximum Gasteiger partial charge on any atom is 0.165 e. The van der Waals surface area contributed by atoms with Gasteiger partial charge in [-0.3, -0.25) is 9.88 Å². The third-order valence-corrected chi connectivity index (χ3v) is 4.53. The van der Waals surface area contributed by atoms with E-state index in [0.717, 1.165) is 23.6 Å². The van der Waals surface area contributed by atoms with Crippen molar-refractivity contribution in [2.24, 2.45) is 0 Å². The monoisotopic (exact) mass is 410 g/mol. The van der Waals surface area contributed by atoms with Crippen LogP contribution in [-0.2, 0) is 17.9 Å². The number of hydrogen-bond acceptors (Lipinski definition) is 5. The molecule has 0 saturated heterocycles. The Morgan fingerprint density at radius 1 is 0.900 bits per heavy atom. The zero-order valence-electron chi connectivity index (χ0n) is 17.2. The molecule has 1 heterocycles. The second-order valence-corrected chi connectivity index (χ2v) is 6.80. The van der Waals surface area contributed by atoms with Crippen LogP contribution in [-0.4, -0.2) is 43.3 Å². The van der Waals surface area contributed by atoms with Crippen molar-refractivity contribution in [3.05, 3.63) is 90.0 Å². The number of ether oxygens (including phenoxy) is 3. The summed E-state index contributed by atoms with van der Waals surface area (Å²) in [5, 5.41) is 0. The fourth-order valence-corrected chi connectivity index (χ4v) is 2.97. The van der Waals surface area contributed by atoms with Crippen LogP contribution in [0.4, 0.5) is 4.39 Å². The molecule has 0 bridgehead atoms. The molecule has 0 fully saturated rings. The molecule has 0 radical (unpaired) electrons. The minimum absolute atomic E-state index is 0.272. The second-order valence-electron chi connectivity index (χ2n) is 6.80. The summed E-state index contributed by atoms with van der Waals surface area (Å²) in [7, 11) is 1.68. The standard InChI is InChI=1S/C24H27FN2O3/c1-28-15-13-27(14-16-29-24-11-3-2-10-23(24)25)18-20-7-6-9-22(17-20)30-19-21-8-4-5-12-26-21/h2-12,17H,13-16,18-19H2,1H3. The van der Waals surface area contributed by atoms with Crippen LogP contribution < -0.4 is 9.47 Å². The molecule has 0 spiro atoms. The molecule has 0 unspecified atom stereocenters. The molecule has 0 aliphatic rings. The lowest BCUT2D eigenvalue weighted by Crippen LogP contribution is -2.31. The van der Waals surface area contributed by atoms with Crippen LogP contribution >= 0.6 is 0 Å². The maximum atomic E-state index is 13.7. The summed E-state index contributed by atoms with van der Waals surface area (Å²) < 4.78 is 30.4. The highest BCUT2D eigenvalue weighted by molar-refractivity contribution is 5.28. The molecular formula is C24H27FN2O3. The molecule has 2 aromatic carbocycles. The first kappa shape index (κ1) is 21.7. The summed E-state index contributed by atoms with van der Waals surface area (Å²) >= 11 is 0. The fourth-order valence-electron chi connectivity index (χ4n) is 2.97. The van der Waals surface area contributed by atoms with E-state index in [1.54, 1.807) is 31.5 Å². The van der Waals surface area contributed by atoms with E-state index < -0.39 is 0 Å². The van der Waals surface area contributed by atoms with Crippen molar-refractivity contribution in [2.45, 2.75) is 13.2 Å². The van der Waals surface area contributed by atoms with Crippen LogP contribution in [0.1, 0.15) is 11.3 Å². The molecular weight excluding hydrogens is 383 g/mol. The average Bonchev–Trinajstić information content (AvgIpc) is 2.78. The highest BCUT2D eigenvalue weighted by atomic mass is 19.1. The number of nitrogens with zero attached hydrogens (tertiary/aromatic N) is 2. The third kappa shape index (κ3) is 7.13. The first-order chi connectivity index (χ1) is 14.7. The van der Waals surface area contributed by atoms with E-state index in [4.69, 9.17) is 14.2 Å². The molecule has 0 N–H and O–H groups in total. The summed E-state index contributed by atoms with van der Waals surface area (Å²) in [5.74, 6) is 0.722. The van der Waals surface area contributed by atoms with Crippen molar-refractivity contribution in [3.63, 3.8) is 0 Å². The van der Waals surface area contributed by atoms with E-state index in [2.05, 4.69) is 16.0 Å². The Morgan fingerprint density at radius 3 is 2.53 bits per heavy atom. The molecule has 3 aromatic rings. The molecule has 0 atom stereocenters. The summed E-state index contributed by atoms with van der Waals surface area (Å²) in [6.07, 6.45) is 1.76. The predicted octanol–water partition coefficient (Wildman–Crippen LogP) is 4.33. The smallest absolute Gasteiger partial charge is 0.165 e. The van der Waals surface area contributed by atoms with Gasteiger partial charge in [-0.15, -0.1) is 0 Å². The molecule has 0 aliphatic heterocycles. The number of hydrogen-bond donors (Lipinski definition) is 0. The maximum absolute atomic E-state index is 13.7. The lowest BCUT2D eigenvalue weighted by atomic mass is 10.2. The largest absolute Gasteiger partial charge is 0.489 e. The van der Waals surface area contributed by atoms with Gasteiger partial charge in [0.05, 0.1) is 12.3 Å². The average molecular weight is 410 g/mol. The van der Waals surface area contributed by atoms with Crippen molar-refractivity contribution in [3.8, 4) is 11.5 Å². The molecule has 3 rings (SSSR count). The molecule has 0 amide bonds. The van der Waals surface area contributed by atoms with Gasteiger partial charge in [0.2, 0.25) is 0 Å². The van der Waals surface area contributed by atoms with E-state index in [9.17, 15) is 4.39 Å². The van der Waals surface area contributed by atoms with E-state index in [0.29, 0.717) is 32.9 Å². The molecule has 0 aliphatic carbocycles. The van der Waals surface area contributed by atoms with Crippen LogP contribution in [0, 0.1) is 5.82 Å². The Bertz CT molecular complexity index is 892. The normalized spacial score (nSPS) is 10.9. The first-order valence-electron chi connectivity index (χ1n) is 9.95. The molecule has 30 heavy (non-hydrogen) atoms. The Hall–Kier alpha value is -2.96. The number of benzene rings is 2. The van der Waals surface area contributed by atoms with Crippen molar-refractivity contribution < 1.29 is 18.6 Å². The number of rotatable bonds is 12. The number of para-hydroxylation sites is 1. The van der Waals surface area contributed by atoms with Gasteiger partial charge in [0.1, 0.15) is 19.0 Å². The molecule has 1 aromatic heterocycles. The quantitative estimate of drug-likeness (QED) is 0.445. The van der Waals surface area contributed by atoms with Crippen LogP contribution in [0.25, 0.3) is 0 Å². The van der Waals surface area contributed by atoms with Gasteiger partial charge < -0.3 is 14.2 Å². The van der Waals surface area contributed by atoms with E-state index in [1.165, 1.54) is 6.07 Å².